The van der Waals surface area contributed by atoms with Gasteiger partial charge in [0.25, 0.3) is 10.0 Å². The third-order valence-electron chi connectivity index (χ3n) is 4.43. The highest BCUT2D eigenvalue weighted by atomic mass is 32.2. The van der Waals surface area contributed by atoms with Gasteiger partial charge in [-0.15, -0.1) is 22.7 Å². The molecule has 3 heterocycles. The molecule has 1 N–H and O–H groups in total. The number of hydrogen-bond donors (Lipinski definition) is 1. The maximum atomic E-state index is 12.9. The van der Waals surface area contributed by atoms with Crippen molar-refractivity contribution in [3.05, 3.63) is 58.6 Å². The summed E-state index contributed by atoms with van der Waals surface area (Å²) < 4.78 is 36.0. The molecule has 0 atom stereocenters. The lowest BCUT2D eigenvalue weighted by molar-refractivity contribution is 0.413. The van der Waals surface area contributed by atoms with E-state index in [9.17, 15) is 8.42 Å². The van der Waals surface area contributed by atoms with Crippen LogP contribution in [0.4, 0.5) is 5.69 Å². The molecule has 4 rings (SSSR count). The highest BCUT2D eigenvalue weighted by Crippen LogP contribution is 2.35. The summed E-state index contributed by atoms with van der Waals surface area (Å²) in [5.74, 6) is 0.537. The van der Waals surface area contributed by atoms with Gasteiger partial charge in [-0.3, -0.25) is 4.72 Å². The fraction of sp³-hybridized carbons (Fsp3) is 0.200. The molecule has 0 unspecified atom stereocenters. The Hall–Kier alpha value is -2.69. The van der Waals surface area contributed by atoms with E-state index >= 15 is 0 Å². The lowest BCUT2D eigenvalue weighted by Gasteiger charge is -2.12. The summed E-state index contributed by atoms with van der Waals surface area (Å²) in [4.78, 5) is 9.63. The van der Waals surface area contributed by atoms with Gasteiger partial charge in [-0.25, -0.2) is 18.4 Å². The van der Waals surface area contributed by atoms with E-state index in [4.69, 9.17) is 4.74 Å². The highest BCUT2D eigenvalue weighted by Gasteiger charge is 2.20. The van der Waals surface area contributed by atoms with Gasteiger partial charge in [0.2, 0.25) is 0 Å². The smallest absolute Gasteiger partial charge is 0.271 e. The second-order valence-electron chi connectivity index (χ2n) is 6.72. The lowest BCUT2D eigenvalue weighted by atomic mass is 10.2. The van der Waals surface area contributed by atoms with Crippen molar-refractivity contribution in [2.75, 3.05) is 11.8 Å². The first kappa shape index (κ1) is 20.6. The third-order valence-corrected chi connectivity index (χ3v) is 8.37. The molecule has 0 bridgehead atoms. The summed E-state index contributed by atoms with van der Waals surface area (Å²) in [6.45, 7) is 5.77. The van der Waals surface area contributed by atoms with Crippen LogP contribution < -0.4 is 9.46 Å². The molecule has 0 aliphatic carbocycles. The minimum atomic E-state index is -3.73. The van der Waals surface area contributed by atoms with E-state index in [0.717, 1.165) is 32.5 Å². The minimum absolute atomic E-state index is 0.247. The molecule has 0 saturated heterocycles. The van der Waals surface area contributed by atoms with Gasteiger partial charge in [-0.2, -0.15) is 0 Å². The van der Waals surface area contributed by atoms with Crippen molar-refractivity contribution in [3.63, 3.8) is 0 Å². The molecule has 1 aromatic carbocycles. The first-order valence-electron chi connectivity index (χ1n) is 9.01. The van der Waals surface area contributed by atoms with E-state index in [-0.39, 0.29) is 4.21 Å². The highest BCUT2D eigenvalue weighted by molar-refractivity contribution is 7.94. The maximum Gasteiger partial charge on any atom is 0.271 e. The predicted octanol–water partition coefficient (Wildman–Crippen LogP) is 4.79. The first-order valence-corrected chi connectivity index (χ1v) is 12.2. The Morgan fingerprint density at radius 2 is 1.97 bits per heavy atom. The number of aryl methyl sites for hydroxylation is 3. The van der Waals surface area contributed by atoms with Crippen LogP contribution in [0.2, 0.25) is 0 Å². The molecule has 0 aliphatic heterocycles. The third kappa shape index (κ3) is 3.98. The molecular formula is C20H20N4O3S3. The summed E-state index contributed by atoms with van der Waals surface area (Å²) in [6.07, 6.45) is 3.56. The van der Waals surface area contributed by atoms with Gasteiger partial charge < -0.3 is 9.30 Å². The fourth-order valence-electron chi connectivity index (χ4n) is 3.09. The van der Waals surface area contributed by atoms with Crippen molar-refractivity contribution in [3.8, 4) is 21.9 Å². The van der Waals surface area contributed by atoms with E-state index in [1.165, 1.54) is 11.3 Å². The number of methoxy groups -OCH3 is 1. The van der Waals surface area contributed by atoms with Crippen LogP contribution in [0.3, 0.4) is 0 Å². The summed E-state index contributed by atoms with van der Waals surface area (Å²) in [5.41, 5.74) is 3.85. The number of aromatic nitrogens is 3. The van der Waals surface area contributed by atoms with Gasteiger partial charge in [0, 0.05) is 23.2 Å². The van der Waals surface area contributed by atoms with Gasteiger partial charge >= 0.3 is 0 Å². The average molecular weight is 461 g/mol. The molecule has 0 saturated carbocycles. The van der Waals surface area contributed by atoms with Gasteiger partial charge in [-0.1, -0.05) is 0 Å². The maximum absolute atomic E-state index is 12.9. The molecule has 3 aromatic heterocycles. The number of rotatable bonds is 6. The van der Waals surface area contributed by atoms with Gasteiger partial charge in [0.15, 0.2) is 0 Å². The molecule has 30 heavy (non-hydrogen) atoms. The molecule has 0 amide bonds. The van der Waals surface area contributed by atoms with E-state index in [1.807, 2.05) is 36.9 Å². The SMILES string of the molecule is COc1cc(NS(=O)(=O)c2cc(-c3sc(C)nc3C)cs2)ccc1-n1cnc(C)c1. The Kier molecular flexibility index (Phi) is 5.39. The zero-order chi connectivity index (χ0) is 21.5. The Morgan fingerprint density at radius 3 is 2.60 bits per heavy atom. The Morgan fingerprint density at radius 1 is 1.17 bits per heavy atom. The van der Waals surface area contributed by atoms with E-state index in [2.05, 4.69) is 14.7 Å². The molecule has 0 fully saturated rings. The van der Waals surface area contributed by atoms with Crippen LogP contribution in [-0.4, -0.2) is 30.1 Å². The van der Waals surface area contributed by atoms with Crippen LogP contribution in [0.1, 0.15) is 16.4 Å². The van der Waals surface area contributed by atoms with Crippen molar-refractivity contribution in [2.45, 2.75) is 25.0 Å². The fourth-order valence-corrected chi connectivity index (χ4v) is 6.29. The Balaban J connectivity index is 1.61. The Labute approximate surface area is 183 Å². The second-order valence-corrected chi connectivity index (χ2v) is 10.7. The normalized spacial score (nSPS) is 11.6. The zero-order valence-corrected chi connectivity index (χ0v) is 19.3. The zero-order valence-electron chi connectivity index (χ0n) is 16.8. The number of imidazole rings is 1. The summed E-state index contributed by atoms with van der Waals surface area (Å²) in [7, 11) is -2.18. The first-order chi connectivity index (χ1) is 14.3. The molecule has 0 spiro atoms. The van der Waals surface area contributed by atoms with Crippen LogP contribution in [-0.2, 0) is 10.0 Å². The van der Waals surface area contributed by atoms with Crippen molar-refractivity contribution >= 4 is 38.4 Å². The number of thiazole rings is 1. The molecule has 156 valence electrons. The van der Waals surface area contributed by atoms with Gasteiger partial charge in [-0.05, 0) is 39.0 Å². The van der Waals surface area contributed by atoms with E-state index in [0.29, 0.717) is 11.4 Å². The van der Waals surface area contributed by atoms with Gasteiger partial charge in [0.05, 0.1) is 46.1 Å². The number of sulfonamides is 1. The average Bonchev–Trinajstić information content (AvgIpc) is 3.41. The van der Waals surface area contributed by atoms with Crippen molar-refractivity contribution in [2.24, 2.45) is 0 Å². The van der Waals surface area contributed by atoms with Crippen LogP contribution in [0.5, 0.6) is 5.75 Å². The van der Waals surface area contributed by atoms with Crippen molar-refractivity contribution < 1.29 is 13.2 Å². The van der Waals surface area contributed by atoms with Crippen molar-refractivity contribution in [1.82, 2.24) is 14.5 Å². The van der Waals surface area contributed by atoms with Gasteiger partial charge in [0.1, 0.15) is 9.96 Å². The van der Waals surface area contributed by atoms with E-state index in [1.54, 1.807) is 49.0 Å². The number of nitrogens with zero attached hydrogens (tertiary/aromatic N) is 3. The number of ether oxygens (including phenoxy) is 1. The molecule has 7 nitrogen and oxygen atoms in total. The Bertz CT molecular complexity index is 1320. The van der Waals surface area contributed by atoms with E-state index < -0.39 is 10.0 Å². The molecule has 10 heteroatoms. The summed E-state index contributed by atoms with van der Waals surface area (Å²) in [5, 5.41) is 2.80. The standard InChI is InChI=1S/C20H20N4O3S3/c1-12-9-24(11-21-12)17-6-5-16(8-18(17)27-4)23-30(25,26)19-7-15(10-28-19)20-13(2)22-14(3)29-20/h5-11,23H,1-4H3. The predicted molar refractivity (Wildman–Crippen MR) is 121 cm³/mol. The van der Waals surface area contributed by atoms with Crippen LogP contribution in [0, 0.1) is 20.8 Å². The molecule has 4 aromatic rings. The minimum Gasteiger partial charge on any atom is -0.494 e. The number of anilines is 1. The number of nitrogens with one attached hydrogen (secondary N) is 1. The monoisotopic (exact) mass is 460 g/mol. The molecular weight excluding hydrogens is 440 g/mol. The van der Waals surface area contributed by atoms with Crippen LogP contribution >= 0.6 is 22.7 Å². The quantitative estimate of drug-likeness (QED) is 0.447. The topological polar surface area (TPSA) is 86.1 Å². The number of benzene rings is 1. The molecule has 0 radical (unpaired) electrons. The van der Waals surface area contributed by atoms with Crippen LogP contribution in [0.15, 0.2) is 46.4 Å². The molecule has 0 aliphatic rings. The number of hydrogen-bond acceptors (Lipinski definition) is 7. The summed E-state index contributed by atoms with van der Waals surface area (Å²) >= 11 is 2.74. The van der Waals surface area contributed by atoms with Crippen LogP contribution in [0.25, 0.3) is 16.1 Å². The largest absolute Gasteiger partial charge is 0.494 e. The van der Waals surface area contributed by atoms with Crippen molar-refractivity contribution in [1.29, 1.82) is 0 Å². The number of thiophene rings is 1. The second kappa shape index (κ2) is 7.86. The lowest BCUT2D eigenvalue weighted by Crippen LogP contribution is -2.11. The summed E-state index contributed by atoms with van der Waals surface area (Å²) in [6, 6.07) is 6.84.